The second kappa shape index (κ2) is 5.60. The summed E-state index contributed by atoms with van der Waals surface area (Å²) in [5, 5.41) is 2.75. The molecule has 1 saturated heterocycles. The highest BCUT2D eigenvalue weighted by Crippen LogP contribution is 2.26. The van der Waals surface area contributed by atoms with Gasteiger partial charge in [-0.15, -0.1) is 0 Å². The molecule has 0 radical (unpaired) electrons. The monoisotopic (exact) mass is 286 g/mol. The van der Waals surface area contributed by atoms with Crippen LogP contribution in [0.1, 0.15) is 18.1 Å². The molecule has 2 aliphatic heterocycles. The van der Waals surface area contributed by atoms with Crippen molar-refractivity contribution in [3.63, 3.8) is 0 Å². The van der Waals surface area contributed by atoms with Crippen LogP contribution in [0.3, 0.4) is 0 Å². The molecule has 1 N–H and O–H groups in total. The summed E-state index contributed by atoms with van der Waals surface area (Å²) in [5.74, 6) is 0.701. The van der Waals surface area contributed by atoms with Crippen molar-refractivity contribution in [3.05, 3.63) is 35.4 Å². The minimum atomic E-state index is -0.413. The van der Waals surface area contributed by atoms with Gasteiger partial charge in [0, 0.05) is 25.6 Å². The number of carbonyl (C=O) groups excluding carboxylic acids is 2. The standard InChI is InChI=1S/C16H18N2O3/c1-11-16(20)17-7-8-18(11)15(19)5-3-12-2-4-14-13(10-12)6-9-21-14/h2-5,10-11H,6-9H2,1H3,(H,17,20). The first kappa shape index (κ1) is 13.7. The molecule has 2 amide bonds. The SMILES string of the molecule is CC1C(=O)NCCN1C(=O)C=Cc1ccc2c(c1)CCO2. The summed E-state index contributed by atoms with van der Waals surface area (Å²) in [7, 11) is 0. The van der Waals surface area contributed by atoms with Gasteiger partial charge in [0.05, 0.1) is 6.61 Å². The maximum Gasteiger partial charge on any atom is 0.247 e. The summed E-state index contributed by atoms with van der Waals surface area (Å²) in [6, 6.07) is 5.49. The normalized spacial score (nSPS) is 21.1. The van der Waals surface area contributed by atoms with Crippen LogP contribution >= 0.6 is 0 Å². The Morgan fingerprint density at radius 2 is 2.33 bits per heavy atom. The largest absolute Gasteiger partial charge is 0.493 e. The Hall–Kier alpha value is -2.30. The van der Waals surface area contributed by atoms with Crippen LogP contribution < -0.4 is 10.1 Å². The summed E-state index contributed by atoms with van der Waals surface area (Å²) in [5.41, 5.74) is 2.15. The maximum atomic E-state index is 12.2. The zero-order valence-electron chi connectivity index (χ0n) is 12.0. The number of fused-ring (bicyclic) bond motifs is 1. The molecule has 5 nitrogen and oxygen atoms in total. The molecule has 1 unspecified atom stereocenters. The summed E-state index contributed by atoms with van der Waals surface area (Å²) in [6.45, 7) is 3.53. The summed E-state index contributed by atoms with van der Waals surface area (Å²) < 4.78 is 5.46. The second-order valence-electron chi connectivity index (χ2n) is 5.30. The molecule has 0 aromatic heterocycles. The van der Waals surface area contributed by atoms with E-state index < -0.39 is 6.04 Å². The molecule has 1 atom stereocenters. The number of piperazine rings is 1. The van der Waals surface area contributed by atoms with Crippen molar-refractivity contribution in [3.8, 4) is 5.75 Å². The van der Waals surface area contributed by atoms with Crippen molar-refractivity contribution >= 4 is 17.9 Å². The van der Waals surface area contributed by atoms with E-state index in [2.05, 4.69) is 5.32 Å². The van der Waals surface area contributed by atoms with Gasteiger partial charge >= 0.3 is 0 Å². The van der Waals surface area contributed by atoms with Gasteiger partial charge in [0.2, 0.25) is 11.8 Å². The molecule has 1 aromatic carbocycles. The Morgan fingerprint density at radius 1 is 1.48 bits per heavy atom. The number of amides is 2. The van der Waals surface area contributed by atoms with Crippen LogP contribution in [0.25, 0.3) is 6.08 Å². The van der Waals surface area contributed by atoms with Gasteiger partial charge in [0.25, 0.3) is 0 Å². The first-order chi connectivity index (χ1) is 10.1. The Labute approximate surface area is 123 Å². The van der Waals surface area contributed by atoms with E-state index in [1.807, 2.05) is 18.2 Å². The molecule has 5 heteroatoms. The van der Waals surface area contributed by atoms with E-state index in [1.54, 1.807) is 17.9 Å². The third-order valence-corrected chi connectivity index (χ3v) is 3.91. The van der Waals surface area contributed by atoms with Gasteiger partial charge in [-0.05, 0) is 36.3 Å². The number of ether oxygens (including phenoxy) is 1. The Kier molecular flexibility index (Phi) is 3.64. The van der Waals surface area contributed by atoms with Gasteiger partial charge in [-0.2, -0.15) is 0 Å². The molecular weight excluding hydrogens is 268 g/mol. The minimum absolute atomic E-state index is 0.0994. The Bertz CT molecular complexity index is 610. The fraction of sp³-hybridized carbons (Fsp3) is 0.375. The van der Waals surface area contributed by atoms with Gasteiger partial charge in [-0.1, -0.05) is 6.07 Å². The number of carbonyl (C=O) groups is 2. The average Bonchev–Trinajstić information content (AvgIpc) is 2.95. The first-order valence-electron chi connectivity index (χ1n) is 7.17. The Morgan fingerprint density at radius 3 is 3.19 bits per heavy atom. The van der Waals surface area contributed by atoms with E-state index in [-0.39, 0.29) is 11.8 Å². The first-order valence-corrected chi connectivity index (χ1v) is 7.17. The van der Waals surface area contributed by atoms with Crippen molar-refractivity contribution in [1.82, 2.24) is 10.2 Å². The fourth-order valence-electron chi connectivity index (χ4n) is 2.66. The number of rotatable bonds is 2. The average molecular weight is 286 g/mol. The lowest BCUT2D eigenvalue weighted by Crippen LogP contribution is -2.55. The molecule has 110 valence electrons. The molecule has 3 rings (SSSR count). The topological polar surface area (TPSA) is 58.6 Å². The van der Waals surface area contributed by atoms with Crippen LogP contribution in [-0.4, -0.2) is 42.5 Å². The number of hydrogen-bond acceptors (Lipinski definition) is 3. The van der Waals surface area contributed by atoms with Crippen LogP contribution in [0.2, 0.25) is 0 Å². The number of hydrogen-bond donors (Lipinski definition) is 1. The third-order valence-electron chi connectivity index (χ3n) is 3.91. The third kappa shape index (κ3) is 2.77. The molecular formula is C16H18N2O3. The van der Waals surface area contributed by atoms with Gasteiger partial charge in [0.15, 0.2) is 0 Å². The zero-order valence-corrected chi connectivity index (χ0v) is 12.0. The van der Waals surface area contributed by atoms with E-state index >= 15 is 0 Å². The van der Waals surface area contributed by atoms with Gasteiger partial charge in [0.1, 0.15) is 11.8 Å². The van der Waals surface area contributed by atoms with E-state index in [0.29, 0.717) is 13.1 Å². The number of nitrogens with one attached hydrogen (secondary N) is 1. The summed E-state index contributed by atoms with van der Waals surface area (Å²) in [6.07, 6.45) is 4.24. The van der Waals surface area contributed by atoms with Gasteiger partial charge < -0.3 is 15.0 Å². The molecule has 0 bridgehead atoms. The lowest BCUT2D eigenvalue weighted by atomic mass is 10.1. The van der Waals surface area contributed by atoms with E-state index in [0.717, 1.165) is 24.3 Å². The van der Waals surface area contributed by atoms with Crippen LogP contribution in [0.15, 0.2) is 24.3 Å². The highest BCUT2D eigenvalue weighted by molar-refractivity contribution is 5.96. The predicted molar refractivity (Wildman–Crippen MR) is 78.9 cm³/mol. The molecule has 1 fully saturated rings. The molecule has 0 aliphatic carbocycles. The molecule has 2 aliphatic rings. The van der Waals surface area contributed by atoms with Gasteiger partial charge in [-0.3, -0.25) is 9.59 Å². The number of nitrogens with zero attached hydrogens (tertiary/aromatic N) is 1. The van der Waals surface area contributed by atoms with Crippen molar-refractivity contribution in [2.24, 2.45) is 0 Å². The molecule has 2 heterocycles. The number of benzene rings is 1. The van der Waals surface area contributed by atoms with E-state index in [4.69, 9.17) is 4.74 Å². The summed E-state index contributed by atoms with van der Waals surface area (Å²) >= 11 is 0. The van der Waals surface area contributed by atoms with E-state index in [9.17, 15) is 9.59 Å². The Balaban J connectivity index is 1.70. The van der Waals surface area contributed by atoms with Crippen LogP contribution in [0, 0.1) is 0 Å². The maximum absolute atomic E-state index is 12.2. The predicted octanol–water partition coefficient (Wildman–Crippen LogP) is 0.982. The van der Waals surface area contributed by atoms with Crippen molar-refractivity contribution in [2.75, 3.05) is 19.7 Å². The molecule has 0 saturated carbocycles. The lowest BCUT2D eigenvalue weighted by molar-refractivity contribution is -0.139. The lowest BCUT2D eigenvalue weighted by Gasteiger charge is -2.31. The van der Waals surface area contributed by atoms with E-state index in [1.165, 1.54) is 11.6 Å². The molecule has 21 heavy (non-hydrogen) atoms. The zero-order chi connectivity index (χ0) is 14.8. The smallest absolute Gasteiger partial charge is 0.247 e. The van der Waals surface area contributed by atoms with Crippen LogP contribution in [-0.2, 0) is 16.0 Å². The quantitative estimate of drug-likeness (QED) is 0.825. The van der Waals surface area contributed by atoms with Crippen molar-refractivity contribution < 1.29 is 14.3 Å². The fourth-order valence-corrected chi connectivity index (χ4v) is 2.66. The van der Waals surface area contributed by atoms with Crippen LogP contribution in [0.5, 0.6) is 5.75 Å². The van der Waals surface area contributed by atoms with Crippen molar-refractivity contribution in [2.45, 2.75) is 19.4 Å². The van der Waals surface area contributed by atoms with Crippen LogP contribution in [0.4, 0.5) is 0 Å². The molecule has 0 spiro atoms. The highest BCUT2D eigenvalue weighted by Gasteiger charge is 2.27. The summed E-state index contributed by atoms with van der Waals surface area (Å²) in [4.78, 5) is 25.4. The second-order valence-corrected chi connectivity index (χ2v) is 5.30. The van der Waals surface area contributed by atoms with Gasteiger partial charge in [-0.25, -0.2) is 0 Å². The minimum Gasteiger partial charge on any atom is -0.493 e. The molecule has 1 aromatic rings. The van der Waals surface area contributed by atoms with Crippen molar-refractivity contribution in [1.29, 1.82) is 0 Å². The highest BCUT2D eigenvalue weighted by atomic mass is 16.5.